The van der Waals surface area contributed by atoms with E-state index in [-0.39, 0.29) is 16.7 Å². The number of hydrogen-bond donors (Lipinski definition) is 0. The van der Waals surface area contributed by atoms with E-state index in [9.17, 15) is 13.2 Å². The molecule has 1 heterocycles. The van der Waals surface area contributed by atoms with Gasteiger partial charge in [-0.05, 0) is 53.4 Å². The maximum absolute atomic E-state index is 12.6. The first kappa shape index (κ1) is 23.6. The molecular formula is C23H27N3O4S2. The Morgan fingerprint density at radius 1 is 0.906 bits per heavy atom. The molecule has 0 saturated heterocycles. The second-order valence-electron chi connectivity index (χ2n) is 7.50. The molecule has 0 bridgehead atoms. The van der Waals surface area contributed by atoms with E-state index in [1.807, 2.05) is 43.3 Å². The predicted molar refractivity (Wildman–Crippen MR) is 129 cm³/mol. The van der Waals surface area contributed by atoms with Crippen LogP contribution in [0.25, 0.3) is 0 Å². The van der Waals surface area contributed by atoms with Crippen LogP contribution in [-0.2, 0) is 21.4 Å². The molecule has 0 N–H and O–H groups in total. The Bertz CT molecular complexity index is 1130. The first-order chi connectivity index (χ1) is 15.2. The van der Waals surface area contributed by atoms with E-state index >= 15 is 0 Å². The summed E-state index contributed by atoms with van der Waals surface area (Å²) < 4.78 is 32.4. The highest BCUT2D eigenvalue weighted by Gasteiger charge is 2.22. The molecule has 170 valence electrons. The third kappa shape index (κ3) is 5.60. The van der Waals surface area contributed by atoms with Crippen molar-refractivity contribution < 1.29 is 17.9 Å². The molecule has 9 heteroatoms. The molecule has 0 fully saturated rings. The van der Waals surface area contributed by atoms with E-state index in [4.69, 9.17) is 4.74 Å². The molecule has 0 atom stereocenters. The van der Waals surface area contributed by atoms with Crippen molar-refractivity contribution >= 4 is 38.6 Å². The fraction of sp³-hybridized carbons (Fsp3) is 0.261. The minimum Gasteiger partial charge on any atom is -0.484 e. The van der Waals surface area contributed by atoms with Crippen molar-refractivity contribution in [2.24, 2.45) is 0 Å². The van der Waals surface area contributed by atoms with Gasteiger partial charge in [-0.1, -0.05) is 18.2 Å². The van der Waals surface area contributed by atoms with Crippen molar-refractivity contribution in [3.8, 4) is 5.75 Å². The number of carbonyl (C=O) groups excluding carboxylic acids is 1. The van der Waals surface area contributed by atoms with Crippen molar-refractivity contribution in [1.29, 1.82) is 0 Å². The number of nitrogens with zero attached hydrogens (tertiary/aromatic N) is 3. The number of sulfonamides is 1. The number of ether oxygens (including phenoxy) is 1. The average molecular weight is 474 g/mol. The second kappa shape index (κ2) is 10.1. The van der Waals surface area contributed by atoms with Gasteiger partial charge < -0.3 is 14.5 Å². The Kier molecular flexibility index (Phi) is 7.42. The number of rotatable bonds is 9. The van der Waals surface area contributed by atoms with Crippen molar-refractivity contribution in [2.45, 2.75) is 10.8 Å². The van der Waals surface area contributed by atoms with E-state index in [2.05, 4.69) is 0 Å². The summed E-state index contributed by atoms with van der Waals surface area (Å²) >= 11 is 1.17. The van der Waals surface area contributed by atoms with Crippen LogP contribution in [0.15, 0.2) is 70.3 Å². The number of anilines is 2. The van der Waals surface area contributed by atoms with Gasteiger partial charge in [-0.2, -0.15) is 0 Å². The van der Waals surface area contributed by atoms with Crippen LogP contribution < -0.4 is 13.9 Å². The van der Waals surface area contributed by atoms with Gasteiger partial charge in [0, 0.05) is 40.4 Å². The van der Waals surface area contributed by atoms with Gasteiger partial charge in [-0.3, -0.25) is 9.10 Å². The lowest BCUT2D eigenvalue weighted by Gasteiger charge is -2.20. The maximum atomic E-state index is 12.6. The van der Waals surface area contributed by atoms with E-state index in [1.54, 1.807) is 53.7 Å². The van der Waals surface area contributed by atoms with Gasteiger partial charge in [-0.15, -0.1) is 11.3 Å². The van der Waals surface area contributed by atoms with Crippen LogP contribution in [0, 0.1) is 0 Å². The van der Waals surface area contributed by atoms with Gasteiger partial charge in [0.05, 0.1) is 5.69 Å². The Hall–Kier alpha value is -3.04. The minimum absolute atomic E-state index is 0.102. The van der Waals surface area contributed by atoms with Gasteiger partial charge in [0.25, 0.3) is 15.9 Å². The highest BCUT2D eigenvalue weighted by molar-refractivity contribution is 7.94. The summed E-state index contributed by atoms with van der Waals surface area (Å²) in [5, 5.41) is 1.73. The lowest BCUT2D eigenvalue weighted by atomic mass is 10.2. The zero-order valence-electron chi connectivity index (χ0n) is 18.6. The summed E-state index contributed by atoms with van der Waals surface area (Å²) in [4.78, 5) is 16.1. The molecule has 32 heavy (non-hydrogen) atoms. The van der Waals surface area contributed by atoms with Crippen molar-refractivity contribution in [3.63, 3.8) is 0 Å². The topological polar surface area (TPSA) is 70.2 Å². The highest BCUT2D eigenvalue weighted by atomic mass is 32.2. The number of carbonyl (C=O) groups is 1. The van der Waals surface area contributed by atoms with Crippen LogP contribution in [0.2, 0.25) is 0 Å². The molecule has 0 aliphatic carbocycles. The first-order valence-electron chi connectivity index (χ1n) is 9.94. The predicted octanol–water partition coefficient (Wildman–Crippen LogP) is 3.68. The zero-order valence-corrected chi connectivity index (χ0v) is 20.2. The smallest absolute Gasteiger partial charge is 0.273 e. The van der Waals surface area contributed by atoms with E-state index in [0.717, 1.165) is 11.3 Å². The zero-order chi connectivity index (χ0) is 23.3. The SMILES string of the molecule is CN(Cc1ccc(N(C)C)cc1)C(=O)COc1ccc(N(C)S(=O)(=O)c2cccs2)cc1. The van der Waals surface area contributed by atoms with Crippen LogP contribution in [0.4, 0.5) is 11.4 Å². The summed E-state index contributed by atoms with van der Waals surface area (Å²) in [7, 11) is 3.62. The summed E-state index contributed by atoms with van der Waals surface area (Å²) in [5.41, 5.74) is 2.64. The second-order valence-corrected chi connectivity index (χ2v) is 10.6. The van der Waals surface area contributed by atoms with Crippen molar-refractivity contribution in [2.75, 3.05) is 44.0 Å². The van der Waals surface area contributed by atoms with Crippen molar-refractivity contribution in [1.82, 2.24) is 4.90 Å². The molecular weight excluding hydrogens is 446 g/mol. The maximum Gasteiger partial charge on any atom is 0.273 e. The minimum atomic E-state index is -3.59. The Morgan fingerprint density at radius 3 is 2.09 bits per heavy atom. The fourth-order valence-electron chi connectivity index (χ4n) is 2.95. The Balaban J connectivity index is 1.54. The molecule has 0 saturated carbocycles. The van der Waals surface area contributed by atoms with Crippen LogP contribution in [0.5, 0.6) is 5.75 Å². The van der Waals surface area contributed by atoms with E-state index < -0.39 is 10.0 Å². The Labute approximate surface area is 193 Å². The summed E-state index contributed by atoms with van der Waals surface area (Å²) in [5.74, 6) is 0.343. The summed E-state index contributed by atoms with van der Waals surface area (Å²) in [6, 6.07) is 17.9. The lowest BCUT2D eigenvalue weighted by Crippen LogP contribution is -2.31. The molecule has 0 radical (unpaired) electrons. The lowest BCUT2D eigenvalue weighted by molar-refractivity contribution is -0.132. The molecule has 1 aromatic heterocycles. The molecule has 0 unspecified atom stereocenters. The quantitative estimate of drug-likeness (QED) is 0.474. The highest BCUT2D eigenvalue weighted by Crippen LogP contribution is 2.26. The average Bonchev–Trinajstić information content (AvgIpc) is 3.33. The standard InChI is InChI=1S/C23H27N3O4S2/c1-24(2)19-9-7-18(8-10-19)16-25(3)22(27)17-30-21-13-11-20(12-14-21)26(4)32(28,29)23-6-5-15-31-23/h5-15H,16-17H2,1-4H3. The summed E-state index contributed by atoms with van der Waals surface area (Å²) in [6.07, 6.45) is 0. The van der Waals surface area contributed by atoms with Gasteiger partial charge in [0.1, 0.15) is 9.96 Å². The molecule has 1 amide bonds. The van der Waals surface area contributed by atoms with Crippen LogP contribution >= 0.6 is 11.3 Å². The molecule has 2 aromatic carbocycles. The largest absolute Gasteiger partial charge is 0.484 e. The van der Waals surface area contributed by atoms with Crippen LogP contribution in [-0.4, -0.2) is 54.0 Å². The van der Waals surface area contributed by atoms with Crippen LogP contribution in [0.3, 0.4) is 0 Å². The van der Waals surface area contributed by atoms with Gasteiger partial charge >= 0.3 is 0 Å². The summed E-state index contributed by atoms with van der Waals surface area (Å²) in [6.45, 7) is 0.384. The van der Waals surface area contributed by atoms with E-state index in [0.29, 0.717) is 18.0 Å². The van der Waals surface area contributed by atoms with Gasteiger partial charge in [-0.25, -0.2) is 8.42 Å². The number of amides is 1. The number of hydrogen-bond acceptors (Lipinski definition) is 6. The molecule has 0 aliphatic rings. The van der Waals surface area contributed by atoms with Crippen molar-refractivity contribution in [3.05, 3.63) is 71.6 Å². The third-order valence-corrected chi connectivity index (χ3v) is 8.13. The normalized spacial score (nSPS) is 11.1. The van der Waals surface area contributed by atoms with Gasteiger partial charge in [0.15, 0.2) is 6.61 Å². The van der Waals surface area contributed by atoms with Gasteiger partial charge in [0.2, 0.25) is 0 Å². The number of thiophene rings is 1. The fourth-order valence-corrected chi connectivity index (χ4v) is 5.31. The molecule has 3 aromatic rings. The Morgan fingerprint density at radius 2 is 1.53 bits per heavy atom. The van der Waals surface area contributed by atoms with E-state index in [1.165, 1.54) is 22.7 Å². The molecule has 7 nitrogen and oxygen atoms in total. The monoisotopic (exact) mass is 473 g/mol. The number of likely N-dealkylation sites (N-methyl/N-ethyl adjacent to an activating group) is 1. The molecule has 0 spiro atoms. The first-order valence-corrected chi connectivity index (χ1v) is 12.3. The molecule has 3 rings (SSSR count). The van der Waals surface area contributed by atoms with Crippen LogP contribution in [0.1, 0.15) is 5.56 Å². The molecule has 0 aliphatic heterocycles. The number of benzene rings is 2. The third-order valence-electron chi connectivity index (χ3n) is 4.97.